The van der Waals surface area contributed by atoms with Crippen molar-refractivity contribution in [3.8, 4) is 5.75 Å². The topological polar surface area (TPSA) is 105 Å². The lowest BCUT2D eigenvalue weighted by Crippen LogP contribution is -2.49. The molecule has 0 radical (unpaired) electrons. The highest BCUT2D eigenvalue weighted by Gasteiger charge is 2.30. The minimum atomic E-state index is -3.56. The number of nitrogens with one attached hydrogen (secondary N) is 2. The van der Waals surface area contributed by atoms with E-state index in [1.165, 1.54) is 30.0 Å². The van der Waals surface area contributed by atoms with Crippen molar-refractivity contribution in [2.75, 3.05) is 26.7 Å². The van der Waals surface area contributed by atoms with Gasteiger partial charge in [-0.15, -0.1) is 0 Å². The summed E-state index contributed by atoms with van der Waals surface area (Å²) in [5, 5.41) is 5.65. The van der Waals surface area contributed by atoms with Crippen LogP contribution >= 0.6 is 0 Å². The molecule has 30 heavy (non-hydrogen) atoms. The van der Waals surface area contributed by atoms with Crippen LogP contribution in [0.5, 0.6) is 5.75 Å². The summed E-state index contributed by atoms with van der Waals surface area (Å²) in [6.07, 6.45) is 6.19. The summed E-state index contributed by atoms with van der Waals surface area (Å²) in [6.45, 7) is 0.654. The molecule has 1 heterocycles. The third-order valence-corrected chi connectivity index (χ3v) is 7.83. The first-order valence-electron chi connectivity index (χ1n) is 10.6. The molecule has 2 amide bonds. The van der Waals surface area contributed by atoms with Crippen LogP contribution < -0.4 is 15.4 Å². The molecule has 1 aliphatic heterocycles. The molecule has 2 fully saturated rings. The summed E-state index contributed by atoms with van der Waals surface area (Å²) in [5.41, 5.74) is 0. The number of methoxy groups -OCH3 is 1. The number of carbonyl (C=O) groups excluding carboxylic acids is 2. The van der Waals surface area contributed by atoms with Crippen LogP contribution in [0.15, 0.2) is 29.2 Å². The maximum absolute atomic E-state index is 12.8. The van der Waals surface area contributed by atoms with Gasteiger partial charge >= 0.3 is 0 Å². The first kappa shape index (κ1) is 22.6. The van der Waals surface area contributed by atoms with Crippen molar-refractivity contribution < 1.29 is 22.7 Å². The Morgan fingerprint density at radius 3 is 2.27 bits per heavy atom. The van der Waals surface area contributed by atoms with Gasteiger partial charge < -0.3 is 15.4 Å². The number of nitrogens with zero attached hydrogens (tertiary/aromatic N) is 1. The Morgan fingerprint density at radius 1 is 1.03 bits per heavy atom. The Hall–Kier alpha value is -2.13. The van der Waals surface area contributed by atoms with Gasteiger partial charge in [-0.05, 0) is 49.9 Å². The smallest absolute Gasteiger partial charge is 0.243 e. The zero-order valence-electron chi connectivity index (χ0n) is 17.4. The molecule has 0 bridgehead atoms. The molecular weight excluding hydrogens is 406 g/mol. The molecule has 1 aromatic rings. The standard InChI is InChI=1S/C21H31N3O5S/c1-29-18-7-9-19(10-8-18)30(27,28)24-13-11-17(12-14-24)23-20(25)15-22-21(26)16-5-3-2-4-6-16/h7-10,16-17H,2-6,11-15H2,1H3,(H,22,26)(H,23,25). The van der Waals surface area contributed by atoms with Gasteiger partial charge in [0.2, 0.25) is 21.8 Å². The highest BCUT2D eigenvalue weighted by atomic mass is 32.2. The largest absolute Gasteiger partial charge is 0.497 e. The van der Waals surface area contributed by atoms with Crippen molar-refractivity contribution >= 4 is 21.8 Å². The SMILES string of the molecule is COc1ccc(S(=O)(=O)N2CCC(NC(=O)CNC(=O)C3CCCCC3)CC2)cc1. The monoisotopic (exact) mass is 437 g/mol. The number of hydrogen-bond donors (Lipinski definition) is 2. The highest BCUT2D eigenvalue weighted by Crippen LogP contribution is 2.24. The quantitative estimate of drug-likeness (QED) is 0.675. The third-order valence-electron chi connectivity index (χ3n) is 5.92. The van der Waals surface area contributed by atoms with Gasteiger partial charge in [0.1, 0.15) is 5.75 Å². The molecule has 2 N–H and O–H groups in total. The van der Waals surface area contributed by atoms with Crippen molar-refractivity contribution in [3.63, 3.8) is 0 Å². The average Bonchev–Trinajstić information content (AvgIpc) is 2.78. The summed E-state index contributed by atoms with van der Waals surface area (Å²) >= 11 is 0. The Morgan fingerprint density at radius 2 is 1.67 bits per heavy atom. The molecule has 0 unspecified atom stereocenters. The van der Waals surface area contributed by atoms with E-state index in [9.17, 15) is 18.0 Å². The number of sulfonamides is 1. The Balaban J connectivity index is 1.43. The molecule has 3 rings (SSSR count). The van der Waals surface area contributed by atoms with E-state index >= 15 is 0 Å². The predicted molar refractivity (Wildman–Crippen MR) is 113 cm³/mol. The van der Waals surface area contributed by atoms with E-state index in [2.05, 4.69) is 10.6 Å². The molecule has 1 aromatic carbocycles. The van der Waals surface area contributed by atoms with Gasteiger partial charge in [-0.2, -0.15) is 4.31 Å². The van der Waals surface area contributed by atoms with Crippen LogP contribution in [0.25, 0.3) is 0 Å². The van der Waals surface area contributed by atoms with E-state index in [4.69, 9.17) is 4.74 Å². The lowest BCUT2D eigenvalue weighted by molar-refractivity contribution is -0.129. The fourth-order valence-electron chi connectivity index (χ4n) is 4.09. The van der Waals surface area contributed by atoms with Crippen LogP contribution in [-0.2, 0) is 19.6 Å². The van der Waals surface area contributed by atoms with E-state index in [1.807, 2.05) is 0 Å². The van der Waals surface area contributed by atoms with E-state index in [0.717, 1.165) is 25.7 Å². The second kappa shape index (κ2) is 10.3. The van der Waals surface area contributed by atoms with Crippen LogP contribution in [0.1, 0.15) is 44.9 Å². The van der Waals surface area contributed by atoms with E-state index in [-0.39, 0.29) is 35.2 Å². The van der Waals surface area contributed by atoms with Gasteiger partial charge in [0.25, 0.3) is 0 Å². The number of piperidine rings is 1. The minimum absolute atomic E-state index is 0.0259. The fourth-order valence-corrected chi connectivity index (χ4v) is 5.56. The van der Waals surface area contributed by atoms with E-state index < -0.39 is 10.0 Å². The minimum Gasteiger partial charge on any atom is -0.497 e. The molecule has 1 saturated carbocycles. The van der Waals surface area contributed by atoms with Gasteiger partial charge in [0.05, 0.1) is 18.6 Å². The average molecular weight is 438 g/mol. The molecule has 8 nitrogen and oxygen atoms in total. The molecule has 9 heteroatoms. The van der Waals surface area contributed by atoms with Gasteiger partial charge in [-0.25, -0.2) is 8.42 Å². The summed E-state index contributed by atoms with van der Waals surface area (Å²) in [7, 11) is -2.03. The normalized spacial score (nSPS) is 19.2. The third kappa shape index (κ3) is 5.72. The summed E-state index contributed by atoms with van der Waals surface area (Å²) in [6, 6.07) is 6.24. The number of ether oxygens (including phenoxy) is 1. The highest BCUT2D eigenvalue weighted by molar-refractivity contribution is 7.89. The number of carbonyl (C=O) groups is 2. The fraction of sp³-hybridized carbons (Fsp3) is 0.619. The second-order valence-electron chi connectivity index (χ2n) is 7.97. The Bertz CT molecular complexity index is 827. The maximum Gasteiger partial charge on any atom is 0.243 e. The first-order chi connectivity index (χ1) is 14.4. The summed E-state index contributed by atoms with van der Waals surface area (Å²) < 4.78 is 32.1. The van der Waals surface area contributed by atoms with Crippen LogP contribution in [0.2, 0.25) is 0 Å². The van der Waals surface area contributed by atoms with Crippen LogP contribution in [0.3, 0.4) is 0 Å². The lowest BCUT2D eigenvalue weighted by atomic mass is 9.89. The number of amides is 2. The van der Waals surface area contributed by atoms with Gasteiger partial charge in [-0.3, -0.25) is 9.59 Å². The molecule has 0 aromatic heterocycles. The molecular formula is C21H31N3O5S. The zero-order chi connectivity index (χ0) is 21.6. The lowest BCUT2D eigenvalue weighted by Gasteiger charge is -2.31. The molecule has 0 spiro atoms. The Labute approximate surface area is 178 Å². The van der Waals surface area contributed by atoms with Gasteiger partial charge in [0, 0.05) is 25.0 Å². The Kier molecular flexibility index (Phi) is 7.71. The second-order valence-corrected chi connectivity index (χ2v) is 9.91. The van der Waals surface area contributed by atoms with Crippen molar-refractivity contribution in [2.45, 2.75) is 55.9 Å². The summed E-state index contributed by atoms with van der Waals surface area (Å²) in [4.78, 5) is 24.6. The van der Waals surface area contributed by atoms with Crippen molar-refractivity contribution in [2.24, 2.45) is 5.92 Å². The molecule has 166 valence electrons. The zero-order valence-corrected chi connectivity index (χ0v) is 18.2. The van der Waals surface area contributed by atoms with Crippen molar-refractivity contribution in [1.29, 1.82) is 0 Å². The van der Waals surface area contributed by atoms with Crippen LogP contribution in [0.4, 0.5) is 0 Å². The molecule has 1 saturated heterocycles. The van der Waals surface area contributed by atoms with Crippen molar-refractivity contribution in [1.82, 2.24) is 14.9 Å². The summed E-state index contributed by atoms with van der Waals surface area (Å²) in [5.74, 6) is 0.366. The van der Waals surface area contributed by atoms with Crippen molar-refractivity contribution in [3.05, 3.63) is 24.3 Å². The van der Waals surface area contributed by atoms with Gasteiger partial charge in [-0.1, -0.05) is 19.3 Å². The van der Waals surface area contributed by atoms with Crippen LogP contribution in [-0.4, -0.2) is 57.3 Å². The van der Waals surface area contributed by atoms with Crippen LogP contribution in [0, 0.1) is 5.92 Å². The molecule has 1 aliphatic carbocycles. The van der Waals surface area contributed by atoms with E-state index in [0.29, 0.717) is 31.7 Å². The number of rotatable bonds is 7. The first-order valence-corrected chi connectivity index (χ1v) is 12.1. The number of benzene rings is 1. The predicted octanol–water partition coefficient (Wildman–Crippen LogP) is 1.66. The molecule has 0 atom stereocenters. The maximum atomic E-state index is 12.8. The molecule has 2 aliphatic rings. The number of hydrogen-bond acceptors (Lipinski definition) is 5. The van der Waals surface area contributed by atoms with E-state index in [1.54, 1.807) is 12.1 Å². The van der Waals surface area contributed by atoms with Gasteiger partial charge in [0.15, 0.2) is 0 Å².